The zero-order valence-electron chi connectivity index (χ0n) is 10.2. The van der Waals surface area contributed by atoms with E-state index in [0.717, 1.165) is 26.1 Å². The molecule has 18 heavy (non-hydrogen) atoms. The number of halogens is 2. The highest BCUT2D eigenvalue weighted by molar-refractivity contribution is 6.43. The maximum absolute atomic E-state index is 12.3. The Morgan fingerprint density at radius 2 is 2.28 bits per heavy atom. The fourth-order valence-corrected chi connectivity index (χ4v) is 2.69. The van der Waals surface area contributed by atoms with Crippen molar-refractivity contribution in [3.63, 3.8) is 0 Å². The summed E-state index contributed by atoms with van der Waals surface area (Å²) < 4.78 is 0. The number of benzene rings is 1. The predicted octanol–water partition coefficient (Wildman–Crippen LogP) is 2.67. The summed E-state index contributed by atoms with van der Waals surface area (Å²) in [6, 6.07) is 5.17. The second kappa shape index (κ2) is 5.91. The number of rotatable bonds is 3. The molecule has 1 N–H and O–H groups in total. The summed E-state index contributed by atoms with van der Waals surface area (Å²) in [6.45, 7) is 2.50. The molecule has 98 valence electrons. The Labute approximate surface area is 117 Å². The van der Waals surface area contributed by atoms with Gasteiger partial charge in [-0.3, -0.25) is 4.79 Å². The third kappa shape index (κ3) is 2.79. The lowest BCUT2D eigenvalue weighted by atomic mass is 10.1. The van der Waals surface area contributed by atoms with E-state index < -0.39 is 0 Å². The van der Waals surface area contributed by atoms with E-state index in [1.165, 1.54) is 0 Å². The molecule has 2 rings (SSSR count). The maximum atomic E-state index is 12.3. The zero-order chi connectivity index (χ0) is 13.1. The molecule has 5 heteroatoms. The van der Waals surface area contributed by atoms with Gasteiger partial charge in [0.2, 0.25) is 0 Å². The minimum Gasteiger partial charge on any atom is -0.338 e. The zero-order valence-corrected chi connectivity index (χ0v) is 11.8. The Morgan fingerprint density at radius 3 is 3.00 bits per heavy atom. The molecular formula is C13H16Cl2N2O. The molecule has 0 saturated carbocycles. The van der Waals surface area contributed by atoms with Crippen molar-refractivity contribution >= 4 is 29.1 Å². The molecule has 1 saturated heterocycles. The second-order valence-electron chi connectivity index (χ2n) is 4.56. The van der Waals surface area contributed by atoms with Gasteiger partial charge >= 0.3 is 0 Å². The van der Waals surface area contributed by atoms with E-state index >= 15 is 0 Å². The molecule has 1 aliphatic rings. The molecular weight excluding hydrogens is 271 g/mol. The van der Waals surface area contributed by atoms with Gasteiger partial charge in [-0.15, -0.1) is 0 Å². The molecule has 1 heterocycles. The van der Waals surface area contributed by atoms with Crippen molar-refractivity contribution in [1.82, 2.24) is 10.2 Å². The molecule has 0 radical (unpaired) electrons. The van der Waals surface area contributed by atoms with E-state index in [-0.39, 0.29) is 5.91 Å². The molecule has 1 aromatic carbocycles. The fourth-order valence-electron chi connectivity index (χ4n) is 2.31. The number of hydrogen-bond donors (Lipinski definition) is 1. The van der Waals surface area contributed by atoms with Crippen LogP contribution >= 0.6 is 23.2 Å². The Morgan fingerprint density at radius 1 is 1.50 bits per heavy atom. The smallest absolute Gasteiger partial charge is 0.255 e. The van der Waals surface area contributed by atoms with Gasteiger partial charge in [0.15, 0.2) is 0 Å². The number of nitrogens with one attached hydrogen (secondary N) is 1. The standard InChI is InChI=1S/C13H16Cl2N2O/c1-16-7-9-5-6-17(8-9)13(18)10-3-2-4-11(14)12(10)15/h2-4,9,16H,5-8H2,1H3. The van der Waals surface area contributed by atoms with Crippen molar-refractivity contribution < 1.29 is 4.79 Å². The number of hydrogen-bond acceptors (Lipinski definition) is 2. The first kappa shape index (κ1) is 13.7. The predicted molar refractivity (Wildman–Crippen MR) is 74.4 cm³/mol. The molecule has 0 aliphatic carbocycles. The Balaban J connectivity index is 2.11. The van der Waals surface area contributed by atoms with Crippen molar-refractivity contribution in [1.29, 1.82) is 0 Å². The molecule has 1 amide bonds. The Kier molecular flexibility index (Phi) is 4.49. The molecule has 0 aromatic heterocycles. The summed E-state index contributed by atoms with van der Waals surface area (Å²) in [7, 11) is 1.93. The number of likely N-dealkylation sites (tertiary alicyclic amines) is 1. The summed E-state index contributed by atoms with van der Waals surface area (Å²) in [4.78, 5) is 14.2. The first-order valence-corrected chi connectivity index (χ1v) is 6.77. The van der Waals surface area contributed by atoms with Crippen LogP contribution in [0.1, 0.15) is 16.8 Å². The van der Waals surface area contributed by atoms with Crippen LogP contribution < -0.4 is 5.32 Å². The van der Waals surface area contributed by atoms with Crippen LogP contribution in [0.5, 0.6) is 0 Å². The summed E-state index contributed by atoms with van der Waals surface area (Å²) >= 11 is 12.0. The SMILES string of the molecule is CNCC1CCN(C(=O)c2cccc(Cl)c2Cl)C1. The molecule has 0 spiro atoms. The highest BCUT2D eigenvalue weighted by Gasteiger charge is 2.27. The van der Waals surface area contributed by atoms with Gasteiger partial charge in [0.05, 0.1) is 15.6 Å². The third-order valence-electron chi connectivity index (χ3n) is 3.25. The van der Waals surface area contributed by atoms with E-state index in [4.69, 9.17) is 23.2 Å². The topological polar surface area (TPSA) is 32.3 Å². The van der Waals surface area contributed by atoms with Gasteiger partial charge in [0, 0.05) is 13.1 Å². The molecule has 3 nitrogen and oxygen atoms in total. The van der Waals surface area contributed by atoms with Gasteiger partial charge in [0.1, 0.15) is 0 Å². The normalized spacial score (nSPS) is 19.3. The summed E-state index contributed by atoms with van der Waals surface area (Å²) in [5, 5.41) is 3.92. The Bertz CT molecular complexity index is 451. The highest BCUT2D eigenvalue weighted by atomic mass is 35.5. The van der Waals surface area contributed by atoms with Crippen LogP contribution in [0.3, 0.4) is 0 Å². The average molecular weight is 287 g/mol. The van der Waals surface area contributed by atoms with Crippen LogP contribution in [0.4, 0.5) is 0 Å². The lowest BCUT2D eigenvalue weighted by Gasteiger charge is -2.17. The first-order valence-electron chi connectivity index (χ1n) is 6.01. The Hall–Kier alpha value is -0.770. The highest BCUT2D eigenvalue weighted by Crippen LogP contribution is 2.28. The van der Waals surface area contributed by atoms with Crippen LogP contribution in [-0.2, 0) is 0 Å². The largest absolute Gasteiger partial charge is 0.338 e. The minimum atomic E-state index is -0.0268. The number of amides is 1. The van der Waals surface area contributed by atoms with Gasteiger partial charge in [0.25, 0.3) is 5.91 Å². The first-order chi connectivity index (χ1) is 8.63. The molecule has 1 aromatic rings. The van der Waals surface area contributed by atoms with Crippen LogP contribution in [-0.4, -0.2) is 37.5 Å². The van der Waals surface area contributed by atoms with E-state index in [2.05, 4.69) is 5.32 Å². The van der Waals surface area contributed by atoms with Gasteiger partial charge in [-0.2, -0.15) is 0 Å². The quantitative estimate of drug-likeness (QED) is 0.927. The summed E-state index contributed by atoms with van der Waals surface area (Å²) in [6.07, 6.45) is 1.03. The van der Waals surface area contributed by atoms with Crippen LogP contribution in [0.2, 0.25) is 10.0 Å². The van der Waals surface area contributed by atoms with Crippen LogP contribution in [0, 0.1) is 5.92 Å². The molecule has 1 atom stereocenters. The minimum absolute atomic E-state index is 0.0268. The molecule has 1 unspecified atom stereocenters. The van der Waals surface area contributed by atoms with Crippen molar-refractivity contribution in [3.05, 3.63) is 33.8 Å². The van der Waals surface area contributed by atoms with Gasteiger partial charge < -0.3 is 10.2 Å². The van der Waals surface area contributed by atoms with Gasteiger partial charge in [-0.1, -0.05) is 29.3 Å². The van der Waals surface area contributed by atoms with E-state index in [9.17, 15) is 4.79 Å². The summed E-state index contributed by atoms with van der Waals surface area (Å²) in [5.74, 6) is 0.498. The average Bonchev–Trinajstić information content (AvgIpc) is 2.81. The molecule has 1 aliphatic heterocycles. The lowest BCUT2D eigenvalue weighted by molar-refractivity contribution is 0.0787. The van der Waals surface area contributed by atoms with Gasteiger partial charge in [-0.25, -0.2) is 0 Å². The number of carbonyl (C=O) groups is 1. The summed E-state index contributed by atoms with van der Waals surface area (Å²) in [5.41, 5.74) is 0.495. The van der Waals surface area contributed by atoms with Crippen molar-refractivity contribution in [2.45, 2.75) is 6.42 Å². The second-order valence-corrected chi connectivity index (χ2v) is 5.35. The number of nitrogens with zero attached hydrogens (tertiary/aromatic N) is 1. The van der Waals surface area contributed by atoms with E-state index in [1.807, 2.05) is 11.9 Å². The monoisotopic (exact) mass is 286 g/mol. The third-order valence-corrected chi connectivity index (χ3v) is 4.07. The fraction of sp³-hybridized carbons (Fsp3) is 0.462. The molecule has 0 bridgehead atoms. The lowest BCUT2D eigenvalue weighted by Crippen LogP contribution is -2.30. The number of carbonyl (C=O) groups excluding carboxylic acids is 1. The van der Waals surface area contributed by atoms with Gasteiger partial charge in [-0.05, 0) is 38.1 Å². The van der Waals surface area contributed by atoms with Crippen molar-refractivity contribution in [2.75, 3.05) is 26.7 Å². The molecule has 1 fully saturated rings. The van der Waals surface area contributed by atoms with E-state index in [1.54, 1.807) is 18.2 Å². The van der Waals surface area contributed by atoms with Crippen molar-refractivity contribution in [3.8, 4) is 0 Å². The van der Waals surface area contributed by atoms with Crippen molar-refractivity contribution in [2.24, 2.45) is 5.92 Å². The maximum Gasteiger partial charge on any atom is 0.255 e. The van der Waals surface area contributed by atoms with E-state index in [0.29, 0.717) is 21.5 Å². The van der Waals surface area contributed by atoms with Crippen LogP contribution in [0.15, 0.2) is 18.2 Å². The van der Waals surface area contributed by atoms with Crippen LogP contribution in [0.25, 0.3) is 0 Å².